The number of rotatable bonds is 7. The number of pyridine rings is 1. The summed E-state index contributed by atoms with van der Waals surface area (Å²) in [4.78, 5) is 37.1. The zero-order chi connectivity index (χ0) is 32.5. The van der Waals surface area contributed by atoms with Gasteiger partial charge in [0.2, 0.25) is 5.82 Å². The molecule has 0 aliphatic carbocycles. The van der Waals surface area contributed by atoms with E-state index in [0.29, 0.717) is 41.7 Å². The van der Waals surface area contributed by atoms with Crippen molar-refractivity contribution >= 4 is 40.6 Å². The van der Waals surface area contributed by atoms with Crippen molar-refractivity contribution in [2.45, 2.75) is 85.2 Å². The Morgan fingerprint density at radius 2 is 1.80 bits per heavy atom. The van der Waals surface area contributed by atoms with Crippen molar-refractivity contribution in [1.29, 1.82) is 0 Å². The molecule has 2 N–H and O–H groups in total. The summed E-state index contributed by atoms with van der Waals surface area (Å²) in [5.74, 6) is 0.534. The van der Waals surface area contributed by atoms with E-state index in [2.05, 4.69) is 25.8 Å². The fourth-order valence-electron chi connectivity index (χ4n) is 5.29. The van der Waals surface area contributed by atoms with E-state index in [9.17, 15) is 9.59 Å². The van der Waals surface area contributed by atoms with Gasteiger partial charge in [0.05, 0.1) is 11.2 Å². The second-order valence-electron chi connectivity index (χ2n) is 13.0. The van der Waals surface area contributed by atoms with Crippen LogP contribution < -0.4 is 10.6 Å². The molecule has 45 heavy (non-hydrogen) atoms. The van der Waals surface area contributed by atoms with Crippen LogP contribution >= 0.6 is 11.6 Å². The average molecular weight is 639 g/mol. The molecule has 0 spiro atoms. The Labute approximate surface area is 266 Å². The molecule has 0 radical (unpaired) electrons. The number of fused-ring (bicyclic) bond motifs is 1. The minimum absolute atomic E-state index is 0.0385. The minimum atomic E-state index is -0.707. The fourth-order valence-corrected chi connectivity index (χ4v) is 5.48. The maximum absolute atomic E-state index is 12.6. The van der Waals surface area contributed by atoms with Crippen LogP contribution in [0.2, 0.25) is 5.02 Å². The summed E-state index contributed by atoms with van der Waals surface area (Å²) in [6.07, 6.45) is 1.53. The van der Waals surface area contributed by atoms with Crippen molar-refractivity contribution in [3.05, 3.63) is 41.0 Å². The number of benzene rings is 1. The molecular weight excluding hydrogens is 600 g/mol. The number of aromatic nitrogens is 5. The van der Waals surface area contributed by atoms with Crippen LogP contribution in [0.4, 0.5) is 15.4 Å². The van der Waals surface area contributed by atoms with Gasteiger partial charge in [-0.1, -0.05) is 23.7 Å². The SMILES string of the molecule is CCn1c(-c2nonc2NC(=O)OC(C)(C)C)nc2c(-c3cccc(Cl)c3)ncc(CN3CCC(NC(=O)OC(C)(C)C)C3)c21. The van der Waals surface area contributed by atoms with Gasteiger partial charge in [-0.05, 0) is 77.3 Å². The first-order valence-electron chi connectivity index (χ1n) is 14.9. The summed E-state index contributed by atoms with van der Waals surface area (Å²) in [5, 5.41) is 14.2. The van der Waals surface area contributed by atoms with E-state index in [1.165, 1.54) is 0 Å². The Balaban J connectivity index is 1.52. The largest absolute Gasteiger partial charge is 0.444 e. The number of anilines is 1. The first-order valence-corrected chi connectivity index (χ1v) is 15.3. The van der Waals surface area contributed by atoms with E-state index in [4.69, 9.17) is 35.7 Å². The maximum atomic E-state index is 12.6. The van der Waals surface area contributed by atoms with Gasteiger partial charge in [-0.2, -0.15) is 0 Å². The summed E-state index contributed by atoms with van der Waals surface area (Å²) >= 11 is 6.35. The van der Waals surface area contributed by atoms with E-state index in [0.717, 1.165) is 29.6 Å². The summed E-state index contributed by atoms with van der Waals surface area (Å²) in [5.41, 5.74) is 2.86. The molecule has 0 saturated carbocycles. The third kappa shape index (κ3) is 7.71. The van der Waals surface area contributed by atoms with Crippen LogP contribution in [-0.2, 0) is 22.6 Å². The Kier molecular flexibility index (Phi) is 9.04. The standard InChI is InChI=1S/C31H39ClN8O5/c1-8-40-25-19(16-39-13-12-21(17-39)34-28(41)43-30(2,3)4)15-33-22(18-10-9-11-20(32)14-18)23(25)35-27(40)24-26(38-45-37-24)36-29(42)44-31(5,6)7/h9-11,14-15,21H,8,12-13,16-17H2,1-7H3,(H,34,41)(H,36,38,42). The number of hydrogen-bond acceptors (Lipinski definition) is 10. The topological polar surface area (TPSA) is 150 Å². The first kappa shape index (κ1) is 32.2. The molecule has 1 aliphatic rings. The lowest BCUT2D eigenvalue weighted by Crippen LogP contribution is -2.40. The zero-order valence-corrected chi connectivity index (χ0v) is 27.4. The summed E-state index contributed by atoms with van der Waals surface area (Å²) in [6, 6.07) is 7.40. The number of likely N-dealkylation sites (tertiary alicyclic amines) is 1. The molecule has 0 bridgehead atoms. The van der Waals surface area contributed by atoms with E-state index in [-0.39, 0.29) is 17.6 Å². The van der Waals surface area contributed by atoms with Crippen LogP contribution in [0.3, 0.4) is 0 Å². The van der Waals surface area contributed by atoms with Crippen molar-refractivity contribution in [1.82, 2.24) is 35.1 Å². The number of amides is 2. The molecule has 3 aromatic heterocycles. The lowest BCUT2D eigenvalue weighted by Gasteiger charge is -2.22. The Morgan fingerprint density at radius 3 is 2.49 bits per heavy atom. The number of aryl methyl sites for hydroxylation is 1. The van der Waals surface area contributed by atoms with E-state index >= 15 is 0 Å². The Morgan fingerprint density at radius 1 is 1.07 bits per heavy atom. The van der Waals surface area contributed by atoms with E-state index < -0.39 is 23.4 Å². The van der Waals surface area contributed by atoms with Crippen molar-refractivity contribution in [2.75, 3.05) is 18.4 Å². The second-order valence-corrected chi connectivity index (χ2v) is 13.4. The van der Waals surface area contributed by atoms with Gasteiger partial charge in [0.25, 0.3) is 0 Å². The highest BCUT2D eigenvalue weighted by Gasteiger charge is 2.30. The van der Waals surface area contributed by atoms with Gasteiger partial charge in [0.15, 0.2) is 11.5 Å². The number of hydrogen-bond donors (Lipinski definition) is 2. The summed E-state index contributed by atoms with van der Waals surface area (Å²) < 4.78 is 17.9. The highest BCUT2D eigenvalue weighted by molar-refractivity contribution is 6.30. The van der Waals surface area contributed by atoms with Crippen molar-refractivity contribution in [3.8, 4) is 22.8 Å². The summed E-state index contributed by atoms with van der Waals surface area (Å²) in [7, 11) is 0. The van der Waals surface area contributed by atoms with Crippen molar-refractivity contribution in [2.24, 2.45) is 0 Å². The highest BCUT2D eigenvalue weighted by atomic mass is 35.5. The quantitative estimate of drug-likeness (QED) is 0.237. The zero-order valence-electron chi connectivity index (χ0n) is 26.6. The van der Waals surface area contributed by atoms with Crippen molar-refractivity contribution < 1.29 is 23.7 Å². The Bertz CT molecular complexity index is 1700. The smallest absolute Gasteiger partial charge is 0.413 e. The normalized spacial score (nSPS) is 15.8. The van der Waals surface area contributed by atoms with Crippen LogP contribution in [0.5, 0.6) is 0 Å². The van der Waals surface area contributed by atoms with Gasteiger partial charge >= 0.3 is 12.2 Å². The third-order valence-corrected chi connectivity index (χ3v) is 7.20. The molecule has 240 valence electrons. The van der Waals surface area contributed by atoms with Crippen molar-refractivity contribution in [3.63, 3.8) is 0 Å². The molecular formula is C31H39ClN8O5. The maximum Gasteiger partial charge on any atom is 0.413 e. The molecule has 1 aromatic carbocycles. The van der Waals surface area contributed by atoms with E-state index in [1.807, 2.05) is 56.7 Å². The minimum Gasteiger partial charge on any atom is -0.444 e. The van der Waals surface area contributed by atoms with Gasteiger partial charge in [0, 0.05) is 54.6 Å². The highest BCUT2D eigenvalue weighted by Crippen LogP contribution is 2.35. The number of ether oxygens (including phenoxy) is 2. The molecule has 13 nitrogen and oxygen atoms in total. The third-order valence-electron chi connectivity index (χ3n) is 6.97. The Hall–Kier alpha value is -4.23. The monoisotopic (exact) mass is 638 g/mol. The lowest BCUT2D eigenvalue weighted by atomic mass is 10.1. The van der Waals surface area contributed by atoms with Gasteiger partial charge < -0.3 is 19.4 Å². The van der Waals surface area contributed by atoms with Gasteiger partial charge in [-0.3, -0.25) is 15.2 Å². The summed E-state index contributed by atoms with van der Waals surface area (Å²) in [6.45, 7) is 15.4. The molecule has 1 fully saturated rings. The number of halogens is 1. The van der Waals surface area contributed by atoms with E-state index in [1.54, 1.807) is 26.8 Å². The van der Waals surface area contributed by atoms with Gasteiger partial charge in [0.1, 0.15) is 16.7 Å². The molecule has 1 atom stereocenters. The molecule has 4 heterocycles. The number of carbonyl (C=O) groups is 2. The fraction of sp³-hybridized carbons (Fsp3) is 0.484. The van der Waals surface area contributed by atoms with Crippen LogP contribution in [-0.4, -0.2) is 72.3 Å². The first-order chi connectivity index (χ1) is 21.2. The van der Waals surface area contributed by atoms with Gasteiger partial charge in [-0.25, -0.2) is 19.2 Å². The molecule has 4 aromatic rings. The number of alkyl carbamates (subject to hydrolysis) is 1. The number of nitrogens with one attached hydrogen (secondary N) is 2. The second kappa shape index (κ2) is 12.6. The number of carbonyl (C=O) groups excluding carboxylic acids is 2. The number of nitrogens with zero attached hydrogens (tertiary/aromatic N) is 6. The predicted octanol–water partition coefficient (Wildman–Crippen LogP) is 6.27. The van der Waals surface area contributed by atoms with Crippen LogP contribution in [0.25, 0.3) is 33.8 Å². The molecule has 1 unspecified atom stereocenters. The average Bonchev–Trinajstić information content (AvgIpc) is 3.65. The van der Waals surface area contributed by atoms with Crippen LogP contribution in [0.1, 0.15) is 60.5 Å². The van der Waals surface area contributed by atoms with Crippen LogP contribution in [0, 0.1) is 0 Å². The molecule has 14 heteroatoms. The molecule has 2 amide bonds. The van der Waals surface area contributed by atoms with Gasteiger partial charge in [-0.15, -0.1) is 0 Å². The number of imidazole rings is 1. The molecule has 1 saturated heterocycles. The molecule has 5 rings (SSSR count). The predicted molar refractivity (Wildman–Crippen MR) is 170 cm³/mol. The van der Waals surface area contributed by atoms with Crippen LogP contribution in [0.15, 0.2) is 35.1 Å². The molecule has 1 aliphatic heterocycles. The lowest BCUT2D eigenvalue weighted by molar-refractivity contribution is 0.0504.